The van der Waals surface area contributed by atoms with E-state index in [2.05, 4.69) is 171 Å². The monoisotopic (exact) mass is 639 g/mol. The third-order valence-corrected chi connectivity index (χ3v) is 9.38. The van der Waals surface area contributed by atoms with Crippen molar-refractivity contribution in [2.45, 2.75) is 5.41 Å². The minimum absolute atomic E-state index is 0.496. The smallest absolute Gasteiger partial charge is 0.0755 e. The second kappa shape index (κ2) is 9.05. The summed E-state index contributed by atoms with van der Waals surface area (Å²) in [4.78, 5) is 0. The van der Waals surface area contributed by atoms with Crippen molar-refractivity contribution in [2.75, 3.05) is 5.32 Å². The predicted octanol–water partition coefficient (Wildman–Crippen LogP) is 11.0. The van der Waals surface area contributed by atoms with Gasteiger partial charge in [0.1, 0.15) is 0 Å². The maximum Gasteiger partial charge on any atom is 0.0755 e. The Morgan fingerprint density at radius 3 is 1.30 bits per heavy atom. The number of rotatable bonds is 2. The molecule has 6 aromatic carbocycles. The van der Waals surface area contributed by atoms with Crippen LogP contribution in [0.5, 0.6) is 0 Å². The van der Waals surface area contributed by atoms with E-state index in [0.717, 1.165) is 20.3 Å². The molecule has 3 heteroatoms. The summed E-state index contributed by atoms with van der Waals surface area (Å²) in [6.45, 7) is 0. The lowest BCUT2D eigenvalue weighted by Crippen LogP contribution is -2.33. The number of hydrogen-bond acceptors (Lipinski definition) is 1. The maximum absolute atomic E-state index is 3.83. The van der Waals surface area contributed by atoms with E-state index in [9.17, 15) is 0 Å². The van der Waals surface area contributed by atoms with Gasteiger partial charge < -0.3 is 5.32 Å². The molecule has 8 rings (SSSR count). The van der Waals surface area contributed by atoms with Crippen LogP contribution in [0.3, 0.4) is 0 Å². The van der Waals surface area contributed by atoms with Crippen LogP contribution < -0.4 is 5.32 Å². The van der Waals surface area contributed by atoms with E-state index in [-0.39, 0.29) is 0 Å². The lowest BCUT2D eigenvalue weighted by molar-refractivity contribution is 0.763. The van der Waals surface area contributed by atoms with Gasteiger partial charge in [0.25, 0.3) is 0 Å². The van der Waals surface area contributed by atoms with E-state index in [1.54, 1.807) is 0 Å². The third-order valence-electron chi connectivity index (χ3n) is 8.39. The summed E-state index contributed by atoms with van der Waals surface area (Å²) in [7, 11) is 0. The molecule has 190 valence electrons. The van der Waals surface area contributed by atoms with Gasteiger partial charge in [-0.25, -0.2) is 0 Å². The SMILES string of the molecule is Brc1ccc2c(c1)C1(c3cc(-c4ccccc4)ccc3Nc3ccc(-c4ccccc4)cc31)c1cc(Br)ccc1-2. The van der Waals surface area contributed by atoms with Crippen molar-refractivity contribution >= 4 is 43.2 Å². The van der Waals surface area contributed by atoms with Crippen LogP contribution in [-0.4, -0.2) is 0 Å². The molecule has 1 N–H and O–H groups in total. The molecule has 0 saturated carbocycles. The van der Waals surface area contributed by atoms with Crippen LogP contribution in [0.25, 0.3) is 33.4 Å². The second-order valence-corrected chi connectivity index (χ2v) is 12.3. The van der Waals surface area contributed by atoms with E-state index in [0.29, 0.717) is 0 Å². The van der Waals surface area contributed by atoms with E-state index >= 15 is 0 Å². The average molecular weight is 641 g/mol. The fraction of sp³-hybridized carbons (Fsp3) is 0.0270. The van der Waals surface area contributed by atoms with Gasteiger partial charge >= 0.3 is 0 Å². The van der Waals surface area contributed by atoms with E-state index in [1.165, 1.54) is 55.6 Å². The summed E-state index contributed by atoms with van der Waals surface area (Å²) in [5.74, 6) is 0. The fourth-order valence-electron chi connectivity index (χ4n) is 6.69. The number of fused-ring (bicyclic) bond motifs is 9. The number of nitrogens with one attached hydrogen (secondary N) is 1. The Balaban J connectivity index is 1.52. The Labute approximate surface area is 250 Å². The molecule has 1 heterocycles. The quantitative estimate of drug-likeness (QED) is 0.198. The first-order chi connectivity index (χ1) is 19.6. The lowest BCUT2D eigenvalue weighted by Gasteiger charge is -2.41. The normalized spacial score (nSPS) is 13.7. The second-order valence-electron chi connectivity index (χ2n) is 10.5. The van der Waals surface area contributed by atoms with E-state index < -0.39 is 5.41 Å². The van der Waals surface area contributed by atoms with Gasteiger partial charge in [0.15, 0.2) is 0 Å². The summed E-state index contributed by atoms with van der Waals surface area (Å²) in [5, 5.41) is 3.82. The topological polar surface area (TPSA) is 12.0 Å². The summed E-state index contributed by atoms with van der Waals surface area (Å²) in [6.07, 6.45) is 0. The molecule has 0 amide bonds. The molecule has 1 aliphatic carbocycles. The average Bonchev–Trinajstić information content (AvgIpc) is 3.27. The molecule has 1 nitrogen and oxygen atoms in total. The van der Waals surface area contributed by atoms with Crippen LogP contribution >= 0.6 is 31.9 Å². The minimum Gasteiger partial charge on any atom is -0.355 e. The van der Waals surface area contributed by atoms with Gasteiger partial charge in [-0.15, -0.1) is 0 Å². The highest BCUT2D eigenvalue weighted by Gasteiger charge is 2.50. The van der Waals surface area contributed by atoms with Crippen molar-refractivity contribution in [1.29, 1.82) is 0 Å². The molecule has 6 aromatic rings. The predicted molar refractivity (Wildman–Crippen MR) is 173 cm³/mol. The van der Waals surface area contributed by atoms with E-state index in [4.69, 9.17) is 0 Å². The van der Waals surface area contributed by atoms with Crippen molar-refractivity contribution in [1.82, 2.24) is 0 Å². The molecule has 0 radical (unpaired) electrons. The largest absolute Gasteiger partial charge is 0.355 e. The van der Waals surface area contributed by atoms with Gasteiger partial charge in [0.2, 0.25) is 0 Å². The van der Waals surface area contributed by atoms with Gasteiger partial charge in [-0.3, -0.25) is 0 Å². The number of benzene rings is 6. The molecule has 0 atom stereocenters. The lowest BCUT2D eigenvalue weighted by atomic mass is 9.64. The van der Waals surface area contributed by atoms with Crippen LogP contribution in [0.1, 0.15) is 22.3 Å². The highest BCUT2D eigenvalue weighted by atomic mass is 79.9. The molecule has 40 heavy (non-hydrogen) atoms. The molecular weight excluding hydrogens is 618 g/mol. The van der Waals surface area contributed by atoms with Gasteiger partial charge in [0.05, 0.1) is 5.41 Å². The van der Waals surface area contributed by atoms with Crippen molar-refractivity contribution in [3.8, 4) is 33.4 Å². The zero-order valence-electron chi connectivity index (χ0n) is 21.5. The first-order valence-electron chi connectivity index (χ1n) is 13.4. The Hall–Kier alpha value is -3.92. The van der Waals surface area contributed by atoms with Crippen molar-refractivity contribution in [2.24, 2.45) is 0 Å². The molecule has 0 bridgehead atoms. The van der Waals surface area contributed by atoms with Crippen molar-refractivity contribution < 1.29 is 0 Å². The summed E-state index contributed by atoms with van der Waals surface area (Å²) in [6, 6.07) is 48.6. The van der Waals surface area contributed by atoms with E-state index in [1.807, 2.05) is 0 Å². The molecule has 0 unspecified atom stereocenters. The Kier molecular flexibility index (Phi) is 5.42. The highest BCUT2D eigenvalue weighted by Crippen LogP contribution is 2.62. The van der Waals surface area contributed by atoms with Gasteiger partial charge in [-0.1, -0.05) is 117 Å². The Morgan fingerprint density at radius 1 is 0.400 bits per heavy atom. The molecule has 1 aliphatic heterocycles. The standard InChI is InChI=1S/C37H23Br2N/c38-27-13-15-29-30-16-14-28(39)22-32(30)37(31(29)21-27)33-19-25(23-7-3-1-4-8-23)11-17-35(33)40-36-18-12-26(20-34(36)37)24-9-5-2-6-10-24/h1-22,40H. The summed E-state index contributed by atoms with van der Waals surface area (Å²) in [5.41, 5.74) is 14.3. The van der Waals surface area contributed by atoms with Gasteiger partial charge in [-0.05, 0) is 104 Å². The zero-order chi connectivity index (χ0) is 26.8. The summed E-state index contributed by atoms with van der Waals surface area (Å²) >= 11 is 7.66. The first-order valence-corrected chi connectivity index (χ1v) is 15.0. The van der Waals surface area contributed by atoms with Crippen LogP contribution in [0, 0.1) is 0 Å². The van der Waals surface area contributed by atoms with Crippen molar-refractivity contribution in [3.63, 3.8) is 0 Å². The minimum atomic E-state index is -0.496. The number of halogens is 2. The van der Waals surface area contributed by atoms with Gasteiger partial charge in [0, 0.05) is 20.3 Å². The number of anilines is 2. The Morgan fingerprint density at radius 2 is 0.850 bits per heavy atom. The third kappa shape index (κ3) is 3.44. The molecule has 1 spiro atoms. The number of hydrogen-bond donors (Lipinski definition) is 1. The molecule has 0 fully saturated rings. The zero-order valence-corrected chi connectivity index (χ0v) is 24.6. The van der Waals surface area contributed by atoms with Crippen LogP contribution in [0.15, 0.2) is 142 Å². The molecule has 0 saturated heterocycles. The van der Waals surface area contributed by atoms with Crippen LogP contribution in [0.4, 0.5) is 11.4 Å². The van der Waals surface area contributed by atoms with Gasteiger partial charge in [-0.2, -0.15) is 0 Å². The molecular formula is C37H23Br2N. The highest BCUT2D eigenvalue weighted by molar-refractivity contribution is 9.10. The Bertz CT molecular complexity index is 1800. The fourth-order valence-corrected chi connectivity index (χ4v) is 7.41. The van der Waals surface area contributed by atoms with Crippen molar-refractivity contribution in [3.05, 3.63) is 165 Å². The first kappa shape index (κ1) is 23.9. The molecule has 2 aliphatic rings. The maximum atomic E-state index is 3.83. The van der Waals surface area contributed by atoms with Crippen LogP contribution in [0.2, 0.25) is 0 Å². The summed E-state index contributed by atoms with van der Waals surface area (Å²) < 4.78 is 2.16. The van der Waals surface area contributed by atoms with Crippen LogP contribution in [-0.2, 0) is 5.41 Å². The molecule has 0 aromatic heterocycles.